The van der Waals surface area contributed by atoms with Crippen molar-refractivity contribution in [1.29, 1.82) is 0 Å². The van der Waals surface area contributed by atoms with Gasteiger partial charge in [0, 0.05) is 13.5 Å². The molecule has 0 radical (unpaired) electrons. The van der Waals surface area contributed by atoms with E-state index in [0.29, 0.717) is 6.42 Å². The number of hydrogen-bond acceptors (Lipinski definition) is 3. The molecule has 0 bridgehead atoms. The van der Waals surface area contributed by atoms with Gasteiger partial charge in [-0.2, -0.15) is 0 Å². The van der Waals surface area contributed by atoms with Crippen molar-refractivity contribution in [2.45, 2.75) is 18.9 Å². The van der Waals surface area contributed by atoms with Crippen LogP contribution < -0.4 is 0 Å². The minimum atomic E-state index is -1.08. The van der Waals surface area contributed by atoms with E-state index in [0.717, 1.165) is 5.56 Å². The third kappa shape index (κ3) is 3.59. The molecule has 1 N–H and O–H groups in total. The number of rotatable bonds is 4. The lowest BCUT2D eigenvalue weighted by Crippen LogP contribution is -2.59. The van der Waals surface area contributed by atoms with Gasteiger partial charge in [-0.1, -0.05) is 30.3 Å². The average Bonchev–Trinajstić information content (AvgIpc) is 2.48. The molecule has 1 aromatic rings. The molecule has 1 aliphatic rings. The number of carboxylic acids is 1. The predicted molar refractivity (Wildman–Crippen MR) is 75.5 cm³/mol. The van der Waals surface area contributed by atoms with Crippen molar-refractivity contribution < 1.29 is 19.5 Å². The van der Waals surface area contributed by atoms with Gasteiger partial charge in [0.2, 0.25) is 11.8 Å². The first kappa shape index (κ1) is 15.0. The van der Waals surface area contributed by atoms with Gasteiger partial charge in [-0.15, -0.1) is 0 Å². The number of piperazine rings is 1. The largest absolute Gasteiger partial charge is 0.480 e. The summed E-state index contributed by atoms with van der Waals surface area (Å²) in [5.41, 5.74) is 1.01. The number of benzene rings is 1. The first-order chi connectivity index (χ1) is 9.99. The highest BCUT2D eigenvalue weighted by atomic mass is 16.4. The molecule has 2 rings (SSSR count). The molecular weight excluding hydrogens is 272 g/mol. The van der Waals surface area contributed by atoms with Crippen molar-refractivity contribution in [3.8, 4) is 0 Å². The van der Waals surface area contributed by atoms with Gasteiger partial charge in [0.1, 0.15) is 12.6 Å². The zero-order valence-electron chi connectivity index (χ0n) is 11.9. The van der Waals surface area contributed by atoms with Crippen LogP contribution in [0.5, 0.6) is 0 Å². The smallest absolute Gasteiger partial charge is 0.328 e. The number of nitrogens with zero attached hydrogens (tertiary/aromatic N) is 2. The summed E-state index contributed by atoms with van der Waals surface area (Å²) in [6.07, 6.45) is 0.733. The Bertz CT molecular complexity index is 544. The molecule has 6 nitrogen and oxygen atoms in total. The summed E-state index contributed by atoms with van der Waals surface area (Å²) in [6.45, 7) is -0.133. The monoisotopic (exact) mass is 290 g/mol. The van der Waals surface area contributed by atoms with Crippen LogP contribution in [0.25, 0.3) is 0 Å². The first-order valence-corrected chi connectivity index (χ1v) is 6.79. The molecule has 1 unspecified atom stereocenters. The lowest BCUT2D eigenvalue weighted by atomic mass is 10.1. The summed E-state index contributed by atoms with van der Waals surface area (Å²) in [6, 6.07) is 8.54. The number of amides is 2. The van der Waals surface area contributed by atoms with E-state index in [1.165, 1.54) is 9.80 Å². The molecule has 2 amide bonds. The Hall–Kier alpha value is -2.37. The topological polar surface area (TPSA) is 77.9 Å². The van der Waals surface area contributed by atoms with E-state index in [1.807, 2.05) is 30.3 Å². The zero-order chi connectivity index (χ0) is 15.4. The molecule has 0 spiro atoms. The second kappa shape index (κ2) is 6.39. The summed E-state index contributed by atoms with van der Waals surface area (Å²) in [5.74, 6) is -1.62. The van der Waals surface area contributed by atoms with Crippen molar-refractivity contribution in [3.05, 3.63) is 35.9 Å². The van der Waals surface area contributed by atoms with Gasteiger partial charge < -0.3 is 14.9 Å². The van der Waals surface area contributed by atoms with Crippen molar-refractivity contribution in [2.75, 3.05) is 20.1 Å². The molecule has 1 fully saturated rings. The first-order valence-electron chi connectivity index (χ1n) is 6.79. The fourth-order valence-electron chi connectivity index (χ4n) is 2.35. The van der Waals surface area contributed by atoms with Crippen molar-refractivity contribution in [2.24, 2.45) is 0 Å². The highest BCUT2D eigenvalue weighted by Gasteiger charge is 2.37. The molecule has 0 aliphatic carbocycles. The fraction of sp³-hybridized carbons (Fsp3) is 0.400. The van der Waals surface area contributed by atoms with Gasteiger partial charge in [-0.3, -0.25) is 9.59 Å². The summed E-state index contributed by atoms with van der Waals surface area (Å²) in [5, 5.41) is 9.21. The molecule has 1 aliphatic heterocycles. The Morgan fingerprint density at radius 2 is 1.95 bits per heavy atom. The number of aryl methyl sites for hydroxylation is 1. The summed E-state index contributed by atoms with van der Waals surface area (Å²) < 4.78 is 0. The van der Waals surface area contributed by atoms with Crippen LogP contribution in [-0.4, -0.2) is 58.9 Å². The minimum absolute atomic E-state index is 0.0330. The fourth-order valence-corrected chi connectivity index (χ4v) is 2.35. The number of aliphatic carboxylic acids is 1. The zero-order valence-corrected chi connectivity index (χ0v) is 11.9. The number of carboxylic acid groups (broad SMARTS) is 1. The standard InChI is InChI=1S/C15H18N2O4/c1-16-9-12(15(20)21)17(10-14(16)19)13(18)8-7-11-5-3-2-4-6-11/h2-6,12H,7-10H2,1H3,(H,20,21). The van der Waals surface area contributed by atoms with Crippen molar-refractivity contribution in [3.63, 3.8) is 0 Å². The SMILES string of the molecule is CN1CC(C(=O)O)N(C(=O)CCc2ccccc2)CC1=O. The Labute approximate surface area is 123 Å². The Morgan fingerprint density at radius 3 is 2.57 bits per heavy atom. The maximum absolute atomic E-state index is 12.2. The molecule has 21 heavy (non-hydrogen) atoms. The van der Waals surface area contributed by atoms with Gasteiger partial charge in [0.25, 0.3) is 0 Å². The molecule has 112 valence electrons. The van der Waals surface area contributed by atoms with Crippen LogP contribution in [0.2, 0.25) is 0 Å². The van der Waals surface area contributed by atoms with Gasteiger partial charge >= 0.3 is 5.97 Å². The highest BCUT2D eigenvalue weighted by molar-refractivity contribution is 5.91. The van der Waals surface area contributed by atoms with E-state index in [9.17, 15) is 19.5 Å². The Balaban J connectivity index is 2.02. The molecule has 1 atom stereocenters. The summed E-state index contributed by atoms with van der Waals surface area (Å²) in [7, 11) is 1.55. The maximum Gasteiger partial charge on any atom is 0.328 e. The van der Waals surface area contributed by atoms with Crippen LogP contribution in [-0.2, 0) is 20.8 Å². The number of carbonyl (C=O) groups is 3. The van der Waals surface area contributed by atoms with Gasteiger partial charge in [0.05, 0.1) is 6.54 Å². The van der Waals surface area contributed by atoms with E-state index in [-0.39, 0.29) is 31.3 Å². The van der Waals surface area contributed by atoms with Crippen molar-refractivity contribution in [1.82, 2.24) is 9.80 Å². The molecule has 1 aromatic carbocycles. The van der Waals surface area contributed by atoms with E-state index < -0.39 is 12.0 Å². The molecule has 0 saturated carbocycles. The molecule has 1 saturated heterocycles. The third-order valence-corrected chi connectivity index (χ3v) is 3.63. The second-order valence-electron chi connectivity index (χ2n) is 5.14. The van der Waals surface area contributed by atoms with Gasteiger partial charge in [-0.05, 0) is 12.0 Å². The summed E-state index contributed by atoms with van der Waals surface area (Å²) >= 11 is 0. The number of carbonyl (C=O) groups excluding carboxylic acids is 2. The van der Waals surface area contributed by atoms with Crippen LogP contribution in [0.3, 0.4) is 0 Å². The van der Waals surface area contributed by atoms with Crippen LogP contribution in [0.15, 0.2) is 30.3 Å². The quantitative estimate of drug-likeness (QED) is 0.869. The van der Waals surface area contributed by atoms with Gasteiger partial charge in [0.15, 0.2) is 0 Å². The lowest BCUT2D eigenvalue weighted by molar-refractivity contribution is -0.158. The molecular formula is C15H18N2O4. The molecule has 0 aromatic heterocycles. The minimum Gasteiger partial charge on any atom is -0.480 e. The predicted octanol–water partition coefficient (Wildman–Crippen LogP) is 0.373. The van der Waals surface area contributed by atoms with Crippen LogP contribution in [0, 0.1) is 0 Å². The Morgan fingerprint density at radius 1 is 1.29 bits per heavy atom. The average molecular weight is 290 g/mol. The lowest BCUT2D eigenvalue weighted by Gasteiger charge is -2.37. The van der Waals surface area contributed by atoms with E-state index in [1.54, 1.807) is 7.05 Å². The second-order valence-corrected chi connectivity index (χ2v) is 5.14. The summed E-state index contributed by atoms with van der Waals surface area (Å²) in [4.78, 5) is 37.7. The van der Waals surface area contributed by atoms with Crippen LogP contribution in [0.4, 0.5) is 0 Å². The van der Waals surface area contributed by atoms with Crippen LogP contribution >= 0.6 is 0 Å². The Kier molecular flexibility index (Phi) is 4.57. The van der Waals surface area contributed by atoms with E-state index in [2.05, 4.69) is 0 Å². The number of hydrogen-bond donors (Lipinski definition) is 1. The molecule has 1 heterocycles. The number of likely N-dealkylation sites (N-methyl/N-ethyl adjacent to an activating group) is 1. The maximum atomic E-state index is 12.2. The molecule has 6 heteroatoms. The van der Waals surface area contributed by atoms with Crippen molar-refractivity contribution >= 4 is 17.8 Å². The van der Waals surface area contributed by atoms with Gasteiger partial charge in [-0.25, -0.2) is 4.79 Å². The normalized spacial score (nSPS) is 18.7. The van der Waals surface area contributed by atoms with E-state index in [4.69, 9.17) is 0 Å². The highest BCUT2D eigenvalue weighted by Crippen LogP contribution is 2.13. The van der Waals surface area contributed by atoms with E-state index >= 15 is 0 Å². The van der Waals surface area contributed by atoms with Crippen LogP contribution in [0.1, 0.15) is 12.0 Å². The third-order valence-electron chi connectivity index (χ3n) is 3.63.